The van der Waals surface area contributed by atoms with Gasteiger partial charge in [-0.05, 0) is 30.5 Å². The van der Waals surface area contributed by atoms with Crippen LogP contribution in [0.15, 0.2) is 36.4 Å². The van der Waals surface area contributed by atoms with E-state index in [1.807, 2.05) is 12.1 Å². The Morgan fingerprint density at radius 2 is 1.92 bits per heavy atom. The molecule has 0 spiro atoms. The quantitative estimate of drug-likeness (QED) is 0.626. The molecule has 0 saturated carbocycles. The SMILES string of the molecule is Oc1ccc([C@H]2C=CCC2)cc1. The molecule has 1 N–H and O–H groups in total. The van der Waals surface area contributed by atoms with Gasteiger partial charge < -0.3 is 5.11 Å². The summed E-state index contributed by atoms with van der Waals surface area (Å²) in [4.78, 5) is 0. The van der Waals surface area contributed by atoms with Crippen LogP contribution < -0.4 is 0 Å². The number of benzene rings is 1. The Kier molecular flexibility index (Phi) is 1.86. The van der Waals surface area contributed by atoms with Crippen molar-refractivity contribution in [3.05, 3.63) is 42.0 Å². The first-order valence-corrected chi connectivity index (χ1v) is 4.32. The summed E-state index contributed by atoms with van der Waals surface area (Å²) < 4.78 is 0. The van der Waals surface area contributed by atoms with Crippen molar-refractivity contribution in [2.45, 2.75) is 18.8 Å². The molecular formula is C11H12O. The normalized spacial score (nSPS) is 21.5. The van der Waals surface area contributed by atoms with Crippen molar-refractivity contribution < 1.29 is 5.11 Å². The number of rotatable bonds is 1. The van der Waals surface area contributed by atoms with E-state index in [1.54, 1.807) is 12.1 Å². The van der Waals surface area contributed by atoms with Crippen molar-refractivity contribution in [2.75, 3.05) is 0 Å². The fraction of sp³-hybridized carbons (Fsp3) is 0.273. The van der Waals surface area contributed by atoms with Gasteiger partial charge in [0.15, 0.2) is 0 Å². The minimum absolute atomic E-state index is 0.348. The predicted molar refractivity (Wildman–Crippen MR) is 49.2 cm³/mol. The fourth-order valence-corrected chi connectivity index (χ4v) is 1.63. The molecule has 0 bridgehead atoms. The largest absolute Gasteiger partial charge is 0.508 e. The molecule has 12 heavy (non-hydrogen) atoms. The summed E-state index contributed by atoms with van der Waals surface area (Å²) >= 11 is 0. The van der Waals surface area contributed by atoms with Gasteiger partial charge in [0.25, 0.3) is 0 Å². The van der Waals surface area contributed by atoms with Crippen molar-refractivity contribution in [3.63, 3.8) is 0 Å². The molecule has 0 radical (unpaired) electrons. The number of aromatic hydroxyl groups is 1. The summed E-state index contributed by atoms with van der Waals surface area (Å²) in [5.41, 5.74) is 1.31. The average molecular weight is 160 g/mol. The van der Waals surface area contributed by atoms with E-state index >= 15 is 0 Å². The van der Waals surface area contributed by atoms with Crippen LogP contribution in [0.5, 0.6) is 5.75 Å². The lowest BCUT2D eigenvalue weighted by atomic mass is 9.99. The maximum atomic E-state index is 9.08. The summed E-state index contributed by atoms with van der Waals surface area (Å²) in [6, 6.07) is 7.49. The minimum atomic E-state index is 0.348. The molecular weight excluding hydrogens is 148 g/mol. The molecule has 0 amide bonds. The molecule has 0 saturated heterocycles. The molecule has 1 aromatic rings. The number of phenols is 1. The Balaban J connectivity index is 2.23. The van der Waals surface area contributed by atoms with Gasteiger partial charge in [0, 0.05) is 5.92 Å². The van der Waals surface area contributed by atoms with Crippen LogP contribution in [-0.4, -0.2) is 5.11 Å². The van der Waals surface area contributed by atoms with Crippen LogP contribution in [0.4, 0.5) is 0 Å². The maximum Gasteiger partial charge on any atom is 0.115 e. The fourth-order valence-electron chi connectivity index (χ4n) is 1.63. The number of hydrogen-bond acceptors (Lipinski definition) is 1. The molecule has 1 aromatic carbocycles. The van der Waals surface area contributed by atoms with Gasteiger partial charge in [-0.25, -0.2) is 0 Å². The molecule has 1 nitrogen and oxygen atoms in total. The Hall–Kier alpha value is -1.24. The van der Waals surface area contributed by atoms with E-state index in [0.29, 0.717) is 11.7 Å². The van der Waals surface area contributed by atoms with Gasteiger partial charge in [0.2, 0.25) is 0 Å². The van der Waals surface area contributed by atoms with Crippen molar-refractivity contribution in [2.24, 2.45) is 0 Å². The number of allylic oxidation sites excluding steroid dienone is 2. The molecule has 1 aliphatic rings. The Morgan fingerprint density at radius 3 is 2.50 bits per heavy atom. The van der Waals surface area contributed by atoms with Crippen molar-refractivity contribution in [1.82, 2.24) is 0 Å². The van der Waals surface area contributed by atoms with E-state index < -0.39 is 0 Å². The first kappa shape index (κ1) is 7.41. The van der Waals surface area contributed by atoms with Crippen LogP contribution in [0.3, 0.4) is 0 Å². The van der Waals surface area contributed by atoms with E-state index in [1.165, 1.54) is 18.4 Å². The zero-order chi connectivity index (χ0) is 8.39. The minimum Gasteiger partial charge on any atom is -0.508 e. The third-order valence-corrected chi connectivity index (χ3v) is 2.33. The summed E-state index contributed by atoms with van der Waals surface area (Å²) in [7, 11) is 0. The van der Waals surface area contributed by atoms with Gasteiger partial charge in [0.05, 0.1) is 0 Å². The lowest BCUT2D eigenvalue weighted by molar-refractivity contribution is 0.475. The Morgan fingerprint density at radius 1 is 1.17 bits per heavy atom. The molecule has 0 aliphatic heterocycles. The zero-order valence-corrected chi connectivity index (χ0v) is 6.90. The number of phenolic OH excluding ortho intramolecular Hbond substituents is 1. The van der Waals surface area contributed by atoms with E-state index in [-0.39, 0.29) is 0 Å². The van der Waals surface area contributed by atoms with E-state index in [2.05, 4.69) is 12.2 Å². The summed E-state index contributed by atoms with van der Waals surface area (Å²) in [5, 5.41) is 9.08. The van der Waals surface area contributed by atoms with Crippen LogP contribution in [0.25, 0.3) is 0 Å². The smallest absolute Gasteiger partial charge is 0.115 e. The van der Waals surface area contributed by atoms with Crippen molar-refractivity contribution in [3.8, 4) is 5.75 Å². The number of hydrogen-bond donors (Lipinski definition) is 1. The van der Waals surface area contributed by atoms with E-state index in [9.17, 15) is 0 Å². The second-order valence-corrected chi connectivity index (χ2v) is 3.20. The highest BCUT2D eigenvalue weighted by Gasteiger charge is 2.10. The second-order valence-electron chi connectivity index (χ2n) is 3.20. The Bertz CT molecular complexity index is 284. The molecule has 0 aromatic heterocycles. The molecule has 1 aliphatic carbocycles. The zero-order valence-electron chi connectivity index (χ0n) is 6.90. The first-order valence-electron chi connectivity index (χ1n) is 4.32. The van der Waals surface area contributed by atoms with Gasteiger partial charge in [0.1, 0.15) is 5.75 Å². The van der Waals surface area contributed by atoms with Gasteiger partial charge in [-0.2, -0.15) is 0 Å². The highest BCUT2D eigenvalue weighted by Crippen LogP contribution is 2.28. The van der Waals surface area contributed by atoms with Crippen LogP contribution in [0, 0.1) is 0 Å². The van der Waals surface area contributed by atoms with Gasteiger partial charge in [-0.3, -0.25) is 0 Å². The molecule has 1 atom stereocenters. The van der Waals surface area contributed by atoms with Crippen molar-refractivity contribution >= 4 is 0 Å². The maximum absolute atomic E-state index is 9.08. The molecule has 0 fully saturated rings. The summed E-state index contributed by atoms with van der Waals surface area (Å²) in [6.45, 7) is 0. The van der Waals surface area contributed by atoms with Gasteiger partial charge >= 0.3 is 0 Å². The van der Waals surface area contributed by atoms with Crippen LogP contribution >= 0.6 is 0 Å². The Labute approximate surface area is 72.4 Å². The lowest BCUT2D eigenvalue weighted by Crippen LogP contribution is -1.89. The topological polar surface area (TPSA) is 20.2 Å². The third kappa shape index (κ3) is 1.35. The van der Waals surface area contributed by atoms with Crippen LogP contribution in [0.1, 0.15) is 24.3 Å². The summed E-state index contributed by atoms with van der Waals surface area (Å²) in [6.07, 6.45) is 6.86. The first-order chi connectivity index (χ1) is 5.86. The van der Waals surface area contributed by atoms with Crippen LogP contribution in [-0.2, 0) is 0 Å². The highest BCUT2D eigenvalue weighted by molar-refractivity contribution is 5.31. The van der Waals surface area contributed by atoms with Crippen LogP contribution in [0.2, 0.25) is 0 Å². The van der Waals surface area contributed by atoms with Gasteiger partial charge in [-0.1, -0.05) is 24.3 Å². The molecule has 0 heterocycles. The van der Waals surface area contributed by atoms with E-state index in [0.717, 1.165) is 0 Å². The third-order valence-electron chi connectivity index (χ3n) is 2.33. The monoisotopic (exact) mass is 160 g/mol. The molecule has 2 rings (SSSR count). The van der Waals surface area contributed by atoms with E-state index in [4.69, 9.17) is 5.11 Å². The molecule has 0 unspecified atom stereocenters. The lowest BCUT2D eigenvalue weighted by Gasteiger charge is -2.06. The molecule has 1 heteroatoms. The predicted octanol–water partition coefficient (Wildman–Crippen LogP) is 2.83. The summed E-state index contributed by atoms with van der Waals surface area (Å²) in [5.74, 6) is 0.923. The highest BCUT2D eigenvalue weighted by atomic mass is 16.3. The second kappa shape index (κ2) is 3.02. The van der Waals surface area contributed by atoms with Crippen molar-refractivity contribution in [1.29, 1.82) is 0 Å². The van der Waals surface area contributed by atoms with Gasteiger partial charge in [-0.15, -0.1) is 0 Å². The molecule has 62 valence electrons. The average Bonchev–Trinajstić information content (AvgIpc) is 2.58. The standard InChI is InChI=1S/C11H12O/c12-11-7-5-10(6-8-11)9-3-1-2-4-9/h1,3,5-9,12H,2,4H2/t9-/m0/s1.